The van der Waals surface area contributed by atoms with Crippen molar-refractivity contribution < 1.29 is 9.42 Å². The number of nitrogens with zero attached hydrogens (tertiary/aromatic N) is 3. The highest BCUT2D eigenvalue weighted by molar-refractivity contribution is 7.97. The second-order valence-electron chi connectivity index (χ2n) is 7.34. The molecule has 4 N–H and O–H groups in total. The van der Waals surface area contributed by atoms with Gasteiger partial charge < -0.3 is 14.3 Å². The van der Waals surface area contributed by atoms with Gasteiger partial charge in [0.05, 0.1) is 6.10 Å². The van der Waals surface area contributed by atoms with Gasteiger partial charge in [-0.3, -0.25) is 10.3 Å². The first-order chi connectivity index (χ1) is 12.5. The van der Waals surface area contributed by atoms with Crippen molar-refractivity contribution in [2.24, 2.45) is 5.14 Å². The van der Waals surface area contributed by atoms with Crippen LogP contribution in [0.1, 0.15) is 50.6 Å². The molecule has 0 spiro atoms. The van der Waals surface area contributed by atoms with E-state index in [1.165, 1.54) is 11.9 Å². The highest BCUT2D eigenvalue weighted by Gasteiger charge is 2.37. The van der Waals surface area contributed by atoms with Gasteiger partial charge in [0.15, 0.2) is 0 Å². The van der Waals surface area contributed by atoms with Crippen molar-refractivity contribution in [3.63, 3.8) is 0 Å². The maximum absolute atomic E-state index is 10.5. The topological polar surface area (TPSA) is 108 Å². The molecule has 0 saturated heterocycles. The lowest BCUT2D eigenvalue weighted by atomic mass is 10.2. The van der Waals surface area contributed by atoms with E-state index in [0.29, 0.717) is 0 Å². The predicted octanol–water partition coefficient (Wildman–Crippen LogP) is 3.54. The van der Waals surface area contributed by atoms with Gasteiger partial charge in [-0.25, -0.2) is 9.97 Å². The van der Waals surface area contributed by atoms with E-state index >= 15 is 0 Å². The lowest BCUT2D eigenvalue weighted by Crippen LogP contribution is -2.31. The normalized spacial score (nSPS) is 26.1. The molecule has 2 aliphatic carbocycles. The molecular formula is C17H30N5O2PS. The Morgan fingerprint density at radius 3 is 2.88 bits per heavy atom. The molecule has 0 radical (unpaired) electrons. The molecule has 1 aromatic heterocycles. The molecule has 1 heterocycles. The fraction of sp³-hybridized carbons (Fsp3) is 0.765. The second kappa shape index (κ2) is 9.02. The summed E-state index contributed by atoms with van der Waals surface area (Å²) < 4.78 is 5.93. The van der Waals surface area contributed by atoms with Gasteiger partial charge in [0.25, 0.3) is 0 Å². The van der Waals surface area contributed by atoms with E-state index in [-0.39, 0.29) is 17.8 Å². The first kappa shape index (κ1) is 20.1. The third-order valence-electron chi connectivity index (χ3n) is 5.53. The van der Waals surface area contributed by atoms with Crippen LogP contribution in [-0.2, 0) is 10.9 Å². The Bertz CT molecular complexity index is 643. The molecule has 26 heavy (non-hydrogen) atoms. The number of hydrogen-bond acceptors (Lipinski definition) is 7. The SMILES string of the molecule is CN(c1nccc(CCSN)n1)[C@H]1CC[C@@H](OP(=N)(O)C2CCCC2)C1. The minimum atomic E-state index is -3.00. The van der Waals surface area contributed by atoms with Gasteiger partial charge in [0.2, 0.25) is 13.5 Å². The van der Waals surface area contributed by atoms with Gasteiger partial charge in [-0.1, -0.05) is 24.8 Å². The van der Waals surface area contributed by atoms with E-state index in [2.05, 4.69) is 14.9 Å². The molecule has 146 valence electrons. The summed E-state index contributed by atoms with van der Waals surface area (Å²) in [6.45, 7) is 0. The molecule has 3 atom stereocenters. The van der Waals surface area contributed by atoms with Crippen molar-refractivity contribution in [1.82, 2.24) is 9.97 Å². The monoisotopic (exact) mass is 399 g/mol. The van der Waals surface area contributed by atoms with Crippen molar-refractivity contribution in [1.29, 1.82) is 5.16 Å². The number of nitrogens with one attached hydrogen (secondary N) is 1. The Labute approximate surface area is 160 Å². The van der Waals surface area contributed by atoms with Gasteiger partial charge in [-0.15, -0.1) is 0 Å². The Hall–Kier alpha value is -0.660. The molecule has 3 rings (SSSR count). The van der Waals surface area contributed by atoms with Crippen LogP contribution in [0.25, 0.3) is 0 Å². The zero-order valence-electron chi connectivity index (χ0n) is 15.4. The maximum atomic E-state index is 10.5. The van der Waals surface area contributed by atoms with Crippen LogP contribution in [0.4, 0.5) is 5.95 Å². The largest absolute Gasteiger partial charge is 0.341 e. The first-order valence-corrected chi connectivity index (χ1v) is 12.2. The standard InChI is InChI=1S/C17H30N5O2PS/c1-22(17-20-10-8-13(21-17)9-11-26-19)14-6-7-15(12-14)24-25(18,23)16-4-2-3-5-16/h8,10,14-16H,2-7,9,11-12,19H2,1H3,(H2,18,23)/t14-,15+,25?/m0/s1. The Morgan fingerprint density at radius 1 is 1.38 bits per heavy atom. The molecule has 7 nitrogen and oxygen atoms in total. The summed E-state index contributed by atoms with van der Waals surface area (Å²) in [4.78, 5) is 21.7. The second-order valence-corrected chi connectivity index (χ2v) is 10.3. The van der Waals surface area contributed by atoms with E-state index in [1.807, 2.05) is 13.1 Å². The predicted molar refractivity (Wildman–Crippen MR) is 107 cm³/mol. The molecule has 2 fully saturated rings. The van der Waals surface area contributed by atoms with Crippen molar-refractivity contribution in [3.05, 3.63) is 18.0 Å². The fourth-order valence-corrected chi connectivity index (χ4v) is 6.16. The molecular weight excluding hydrogens is 369 g/mol. The van der Waals surface area contributed by atoms with Crippen LogP contribution in [0, 0.1) is 5.16 Å². The van der Waals surface area contributed by atoms with E-state index in [9.17, 15) is 4.89 Å². The van der Waals surface area contributed by atoms with E-state index < -0.39 is 7.51 Å². The van der Waals surface area contributed by atoms with E-state index in [4.69, 9.17) is 14.8 Å². The summed E-state index contributed by atoms with van der Waals surface area (Å²) in [5.41, 5.74) is 1.05. The van der Waals surface area contributed by atoms with Crippen molar-refractivity contribution in [2.45, 2.75) is 69.2 Å². The van der Waals surface area contributed by atoms with E-state index in [1.54, 1.807) is 6.20 Å². The molecule has 0 bridgehead atoms. The summed E-state index contributed by atoms with van der Waals surface area (Å²) in [5.74, 6) is 1.56. The summed E-state index contributed by atoms with van der Waals surface area (Å²) in [6.07, 6.45) is 9.36. The number of rotatable bonds is 8. The zero-order valence-corrected chi connectivity index (χ0v) is 17.1. The molecule has 0 aliphatic heterocycles. The highest BCUT2D eigenvalue weighted by Crippen LogP contribution is 2.56. The third kappa shape index (κ3) is 4.98. The quantitative estimate of drug-likeness (QED) is 0.453. The Kier molecular flexibility index (Phi) is 6.97. The van der Waals surface area contributed by atoms with Gasteiger partial charge in [-0.05, 0) is 38.2 Å². The first-order valence-electron chi connectivity index (χ1n) is 9.41. The summed E-state index contributed by atoms with van der Waals surface area (Å²) in [6, 6.07) is 2.21. The zero-order chi connectivity index (χ0) is 18.6. The molecule has 1 unspecified atom stereocenters. The van der Waals surface area contributed by atoms with Gasteiger partial charge in [0.1, 0.15) is 0 Å². The fourth-order valence-electron chi connectivity index (χ4n) is 3.95. The van der Waals surface area contributed by atoms with Crippen molar-refractivity contribution >= 4 is 25.4 Å². The molecule has 0 amide bonds. The summed E-state index contributed by atoms with van der Waals surface area (Å²) >= 11 is 1.32. The van der Waals surface area contributed by atoms with Crippen LogP contribution >= 0.6 is 19.5 Å². The Morgan fingerprint density at radius 2 is 2.15 bits per heavy atom. The molecule has 2 saturated carbocycles. The number of anilines is 1. The van der Waals surface area contributed by atoms with Crippen LogP contribution in [0.2, 0.25) is 0 Å². The lowest BCUT2D eigenvalue weighted by molar-refractivity contribution is 0.194. The molecule has 0 aromatic carbocycles. The highest BCUT2D eigenvalue weighted by atomic mass is 32.2. The van der Waals surface area contributed by atoms with Crippen molar-refractivity contribution in [3.8, 4) is 0 Å². The van der Waals surface area contributed by atoms with Crippen molar-refractivity contribution in [2.75, 3.05) is 17.7 Å². The number of hydrogen-bond donors (Lipinski definition) is 3. The van der Waals surface area contributed by atoms with Gasteiger partial charge in [0, 0.05) is 42.8 Å². The number of aryl methyl sites for hydroxylation is 1. The van der Waals surface area contributed by atoms with Crippen LogP contribution in [0.5, 0.6) is 0 Å². The van der Waals surface area contributed by atoms with E-state index in [0.717, 1.165) is 68.8 Å². The minimum absolute atomic E-state index is 0.0318. The number of nitrogens with two attached hydrogens (primary N) is 1. The lowest BCUT2D eigenvalue weighted by Gasteiger charge is -2.27. The Balaban J connectivity index is 1.57. The molecule has 1 aromatic rings. The molecule has 2 aliphatic rings. The van der Waals surface area contributed by atoms with Crippen LogP contribution in [-0.4, -0.2) is 45.5 Å². The number of aromatic nitrogens is 2. The maximum Gasteiger partial charge on any atom is 0.225 e. The van der Waals surface area contributed by atoms with Gasteiger partial charge in [-0.2, -0.15) is 0 Å². The summed E-state index contributed by atoms with van der Waals surface area (Å²) in [7, 11) is -0.986. The third-order valence-corrected chi connectivity index (χ3v) is 8.09. The average Bonchev–Trinajstić information content (AvgIpc) is 3.31. The average molecular weight is 400 g/mol. The van der Waals surface area contributed by atoms with Crippen LogP contribution in [0.15, 0.2) is 12.3 Å². The minimum Gasteiger partial charge on any atom is -0.341 e. The molecule has 9 heteroatoms. The van der Waals surface area contributed by atoms with Crippen LogP contribution in [0.3, 0.4) is 0 Å². The smallest absolute Gasteiger partial charge is 0.225 e. The van der Waals surface area contributed by atoms with Gasteiger partial charge >= 0.3 is 0 Å². The summed E-state index contributed by atoms with van der Waals surface area (Å²) in [5, 5.41) is 13.8. The van der Waals surface area contributed by atoms with Crippen LogP contribution < -0.4 is 10.0 Å².